The zero-order valence-corrected chi connectivity index (χ0v) is 19.8. The van der Waals surface area contributed by atoms with Crippen molar-refractivity contribution in [3.63, 3.8) is 0 Å². The molecular weight excluding hydrogens is 467 g/mol. The van der Waals surface area contributed by atoms with Gasteiger partial charge >= 0.3 is 0 Å². The fourth-order valence-corrected chi connectivity index (χ4v) is 4.73. The SMILES string of the molecule is Cc1ccc(S(=O)(=O)N(CC(=O)NCCOc2ccc(F)cc2)c2cccc(Cl)c2C)cc1. The zero-order valence-electron chi connectivity index (χ0n) is 18.2. The van der Waals surface area contributed by atoms with Crippen LogP contribution in [0.1, 0.15) is 11.1 Å². The molecule has 0 aromatic heterocycles. The lowest BCUT2D eigenvalue weighted by Gasteiger charge is -2.26. The molecule has 3 aromatic carbocycles. The Morgan fingerprint density at radius 1 is 1.03 bits per heavy atom. The molecule has 0 saturated heterocycles. The lowest BCUT2D eigenvalue weighted by atomic mass is 10.2. The molecular formula is C24H24ClFN2O4S. The van der Waals surface area contributed by atoms with Crippen molar-refractivity contribution in [3.05, 3.63) is 88.7 Å². The topological polar surface area (TPSA) is 75.7 Å². The number of nitrogens with one attached hydrogen (secondary N) is 1. The molecule has 0 fully saturated rings. The molecule has 0 bridgehead atoms. The maximum absolute atomic E-state index is 13.4. The molecule has 33 heavy (non-hydrogen) atoms. The van der Waals surface area contributed by atoms with Gasteiger partial charge in [0.2, 0.25) is 5.91 Å². The Morgan fingerprint density at radius 3 is 2.36 bits per heavy atom. The van der Waals surface area contributed by atoms with E-state index >= 15 is 0 Å². The number of hydrogen-bond donors (Lipinski definition) is 1. The Bertz CT molecular complexity index is 1220. The Balaban J connectivity index is 1.75. The van der Waals surface area contributed by atoms with Crippen molar-refractivity contribution in [1.82, 2.24) is 5.32 Å². The van der Waals surface area contributed by atoms with E-state index in [0.29, 0.717) is 22.0 Å². The van der Waals surface area contributed by atoms with E-state index in [1.807, 2.05) is 6.92 Å². The van der Waals surface area contributed by atoms with Crippen molar-refractivity contribution in [2.24, 2.45) is 0 Å². The summed E-state index contributed by atoms with van der Waals surface area (Å²) < 4.78 is 46.3. The van der Waals surface area contributed by atoms with Crippen molar-refractivity contribution in [2.75, 3.05) is 24.0 Å². The minimum Gasteiger partial charge on any atom is -0.492 e. The van der Waals surface area contributed by atoms with Gasteiger partial charge < -0.3 is 10.1 Å². The number of anilines is 1. The van der Waals surface area contributed by atoms with E-state index in [1.165, 1.54) is 36.4 Å². The first-order chi connectivity index (χ1) is 15.7. The first-order valence-corrected chi connectivity index (χ1v) is 12.0. The van der Waals surface area contributed by atoms with Crippen LogP contribution >= 0.6 is 11.6 Å². The van der Waals surface area contributed by atoms with E-state index in [0.717, 1.165) is 9.87 Å². The predicted octanol–water partition coefficient (Wildman–Crippen LogP) is 4.49. The second kappa shape index (κ2) is 10.7. The van der Waals surface area contributed by atoms with Crippen LogP contribution in [0.4, 0.5) is 10.1 Å². The Morgan fingerprint density at radius 2 is 1.70 bits per heavy atom. The summed E-state index contributed by atoms with van der Waals surface area (Å²) in [6.07, 6.45) is 0. The number of carbonyl (C=O) groups excluding carboxylic acids is 1. The summed E-state index contributed by atoms with van der Waals surface area (Å²) in [5.41, 5.74) is 1.78. The average molecular weight is 491 g/mol. The highest BCUT2D eigenvalue weighted by Crippen LogP contribution is 2.30. The van der Waals surface area contributed by atoms with Crippen molar-refractivity contribution in [1.29, 1.82) is 0 Å². The molecule has 1 N–H and O–H groups in total. The molecule has 0 radical (unpaired) electrons. The van der Waals surface area contributed by atoms with Crippen LogP contribution in [0.15, 0.2) is 71.6 Å². The molecule has 3 aromatic rings. The van der Waals surface area contributed by atoms with E-state index in [9.17, 15) is 17.6 Å². The summed E-state index contributed by atoms with van der Waals surface area (Å²) in [4.78, 5) is 12.7. The lowest BCUT2D eigenvalue weighted by molar-refractivity contribution is -0.119. The standard InChI is InChI=1S/C24H24ClFN2O4S/c1-17-6-12-21(13-7-17)33(30,31)28(23-5-3-4-22(25)18(23)2)16-24(29)27-14-15-32-20-10-8-19(26)9-11-20/h3-13H,14-16H2,1-2H3,(H,27,29). The fourth-order valence-electron chi connectivity index (χ4n) is 3.08. The number of hydrogen-bond acceptors (Lipinski definition) is 4. The molecule has 0 aliphatic carbocycles. The van der Waals surface area contributed by atoms with Crippen LogP contribution in [-0.4, -0.2) is 34.0 Å². The van der Waals surface area contributed by atoms with Gasteiger partial charge in [-0.15, -0.1) is 0 Å². The quantitative estimate of drug-likeness (QED) is 0.448. The van der Waals surface area contributed by atoms with Crippen molar-refractivity contribution in [2.45, 2.75) is 18.7 Å². The van der Waals surface area contributed by atoms with Gasteiger partial charge in [0.15, 0.2) is 0 Å². The van der Waals surface area contributed by atoms with Gasteiger partial charge in [0.05, 0.1) is 17.1 Å². The third-order valence-electron chi connectivity index (χ3n) is 4.91. The number of aryl methyl sites for hydroxylation is 1. The zero-order chi connectivity index (χ0) is 24.0. The molecule has 0 spiro atoms. The third kappa shape index (κ3) is 6.24. The maximum Gasteiger partial charge on any atom is 0.264 e. The van der Waals surface area contributed by atoms with E-state index in [4.69, 9.17) is 16.3 Å². The summed E-state index contributed by atoms with van der Waals surface area (Å²) in [7, 11) is -4.04. The summed E-state index contributed by atoms with van der Waals surface area (Å²) in [5, 5.41) is 3.05. The molecule has 0 saturated carbocycles. The molecule has 0 aliphatic heterocycles. The Hall–Kier alpha value is -3.10. The third-order valence-corrected chi connectivity index (χ3v) is 7.09. The highest BCUT2D eigenvalue weighted by Gasteiger charge is 2.28. The predicted molar refractivity (Wildman–Crippen MR) is 127 cm³/mol. The monoisotopic (exact) mass is 490 g/mol. The normalized spacial score (nSPS) is 11.2. The number of rotatable bonds is 9. The van der Waals surface area contributed by atoms with Gasteiger partial charge in [-0.25, -0.2) is 12.8 Å². The molecule has 0 atom stereocenters. The largest absolute Gasteiger partial charge is 0.492 e. The van der Waals surface area contributed by atoms with E-state index in [2.05, 4.69) is 5.32 Å². The van der Waals surface area contributed by atoms with Gasteiger partial charge in [0.1, 0.15) is 24.7 Å². The number of carbonyl (C=O) groups is 1. The first-order valence-electron chi connectivity index (χ1n) is 10.2. The highest BCUT2D eigenvalue weighted by atomic mass is 35.5. The van der Waals surface area contributed by atoms with Crippen LogP contribution in [0.25, 0.3) is 0 Å². The van der Waals surface area contributed by atoms with E-state index < -0.39 is 22.5 Å². The van der Waals surface area contributed by atoms with Gasteiger partial charge in [-0.2, -0.15) is 0 Å². The average Bonchev–Trinajstić information content (AvgIpc) is 2.78. The number of benzene rings is 3. The van der Waals surface area contributed by atoms with Gasteiger partial charge in [-0.05, 0) is 67.9 Å². The van der Waals surface area contributed by atoms with Crippen LogP contribution in [0.5, 0.6) is 5.75 Å². The molecule has 3 rings (SSSR count). The molecule has 0 heterocycles. The number of ether oxygens (including phenoxy) is 1. The van der Waals surface area contributed by atoms with Gasteiger partial charge in [-0.1, -0.05) is 35.4 Å². The number of amides is 1. The molecule has 1 amide bonds. The summed E-state index contributed by atoms with van der Waals surface area (Å²) in [6.45, 7) is 3.40. The van der Waals surface area contributed by atoms with Crippen LogP contribution in [0.3, 0.4) is 0 Å². The van der Waals surface area contributed by atoms with Crippen LogP contribution in [0, 0.1) is 19.7 Å². The lowest BCUT2D eigenvalue weighted by Crippen LogP contribution is -2.42. The Labute approximate surface area is 198 Å². The number of sulfonamides is 1. The minimum absolute atomic E-state index is 0.0694. The van der Waals surface area contributed by atoms with Gasteiger partial charge in [-0.3, -0.25) is 9.10 Å². The van der Waals surface area contributed by atoms with Crippen LogP contribution in [-0.2, 0) is 14.8 Å². The number of nitrogens with zero attached hydrogens (tertiary/aromatic N) is 1. The van der Waals surface area contributed by atoms with Crippen LogP contribution < -0.4 is 14.4 Å². The number of halogens is 2. The second-order valence-electron chi connectivity index (χ2n) is 7.36. The van der Waals surface area contributed by atoms with Gasteiger partial charge in [0, 0.05) is 5.02 Å². The summed E-state index contributed by atoms with van der Waals surface area (Å²) >= 11 is 6.22. The van der Waals surface area contributed by atoms with Crippen molar-refractivity contribution in [3.8, 4) is 5.75 Å². The molecule has 174 valence electrons. The molecule has 0 aliphatic rings. The molecule has 9 heteroatoms. The molecule has 6 nitrogen and oxygen atoms in total. The first kappa shape index (κ1) is 24.5. The Kier molecular flexibility index (Phi) is 7.94. The second-order valence-corrected chi connectivity index (χ2v) is 9.63. The fraction of sp³-hybridized carbons (Fsp3) is 0.208. The smallest absolute Gasteiger partial charge is 0.264 e. The minimum atomic E-state index is -4.04. The maximum atomic E-state index is 13.4. The summed E-state index contributed by atoms with van der Waals surface area (Å²) in [6, 6.07) is 16.8. The molecule has 0 unspecified atom stereocenters. The van der Waals surface area contributed by atoms with Crippen molar-refractivity contribution >= 4 is 33.2 Å². The van der Waals surface area contributed by atoms with E-state index in [-0.39, 0.29) is 23.9 Å². The highest BCUT2D eigenvalue weighted by molar-refractivity contribution is 7.92. The summed E-state index contributed by atoms with van der Waals surface area (Å²) in [5.74, 6) is -0.418. The van der Waals surface area contributed by atoms with Crippen LogP contribution in [0.2, 0.25) is 5.02 Å². The van der Waals surface area contributed by atoms with Crippen molar-refractivity contribution < 1.29 is 22.3 Å². The van der Waals surface area contributed by atoms with Gasteiger partial charge in [0.25, 0.3) is 10.0 Å². The van der Waals surface area contributed by atoms with E-state index in [1.54, 1.807) is 37.3 Å².